The Morgan fingerprint density at radius 1 is 1.25 bits per heavy atom. The molecule has 0 aliphatic rings. The molecular formula is C15H21Cl2NO2. The van der Waals surface area contributed by atoms with E-state index < -0.39 is 5.97 Å². The average Bonchev–Trinajstić information content (AvgIpc) is 2.39. The maximum Gasteiger partial charge on any atom is 0.342 e. The summed E-state index contributed by atoms with van der Waals surface area (Å²) in [5.74, 6) is -0.516. The molecule has 1 aromatic rings. The number of hydrogen-bond donors (Lipinski definition) is 1. The first-order chi connectivity index (χ1) is 9.47. The zero-order valence-electron chi connectivity index (χ0n) is 11.9. The number of benzene rings is 1. The second kappa shape index (κ2) is 8.38. The SMILES string of the molecule is CCCCCCC(C)OC(=O)c1c(Cl)ccc(Cl)c1N. The molecule has 0 saturated heterocycles. The lowest BCUT2D eigenvalue weighted by molar-refractivity contribution is 0.0321. The minimum Gasteiger partial charge on any atom is -0.459 e. The number of esters is 1. The topological polar surface area (TPSA) is 52.3 Å². The number of nitrogen functional groups attached to an aromatic ring is 1. The first kappa shape index (κ1) is 17.1. The van der Waals surface area contributed by atoms with Crippen LogP contribution < -0.4 is 5.73 Å². The number of hydrogen-bond acceptors (Lipinski definition) is 3. The number of halogens is 2. The van der Waals surface area contributed by atoms with Gasteiger partial charge in [0.05, 0.1) is 21.8 Å². The van der Waals surface area contributed by atoms with Crippen molar-refractivity contribution >= 4 is 34.9 Å². The average molecular weight is 318 g/mol. The van der Waals surface area contributed by atoms with Crippen molar-refractivity contribution in [3.05, 3.63) is 27.7 Å². The largest absolute Gasteiger partial charge is 0.459 e. The van der Waals surface area contributed by atoms with Gasteiger partial charge in [0.2, 0.25) is 0 Å². The van der Waals surface area contributed by atoms with E-state index in [-0.39, 0.29) is 22.4 Å². The predicted octanol–water partition coefficient (Wildman–Crippen LogP) is 5.09. The molecule has 1 rings (SSSR count). The summed E-state index contributed by atoms with van der Waals surface area (Å²) in [7, 11) is 0. The normalized spacial score (nSPS) is 12.2. The van der Waals surface area contributed by atoms with Gasteiger partial charge in [-0.05, 0) is 31.9 Å². The number of carbonyl (C=O) groups is 1. The van der Waals surface area contributed by atoms with Crippen LogP contribution in [0.4, 0.5) is 5.69 Å². The fourth-order valence-corrected chi connectivity index (χ4v) is 2.33. The highest BCUT2D eigenvalue weighted by Crippen LogP contribution is 2.30. The maximum absolute atomic E-state index is 12.1. The molecule has 0 aromatic heterocycles. The van der Waals surface area contributed by atoms with Gasteiger partial charge in [0.1, 0.15) is 5.56 Å². The highest BCUT2D eigenvalue weighted by Gasteiger charge is 2.20. The first-order valence-corrected chi connectivity index (χ1v) is 7.67. The van der Waals surface area contributed by atoms with Crippen molar-refractivity contribution in [1.82, 2.24) is 0 Å². The molecule has 0 fully saturated rings. The summed E-state index contributed by atoms with van der Waals surface area (Å²) in [5, 5.41) is 0.562. The minimum atomic E-state index is -0.516. The lowest BCUT2D eigenvalue weighted by Gasteiger charge is -2.15. The molecule has 0 heterocycles. The molecule has 20 heavy (non-hydrogen) atoms. The van der Waals surface area contributed by atoms with Crippen LogP contribution in [0.3, 0.4) is 0 Å². The Kier molecular flexibility index (Phi) is 7.17. The summed E-state index contributed by atoms with van der Waals surface area (Å²) in [4.78, 5) is 12.1. The van der Waals surface area contributed by atoms with Crippen molar-refractivity contribution in [1.29, 1.82) is 0 Å². The monoisotopic (exact) mass is 317 g/mol. The highest BCUT2D eigenvalue weighted by atomic mass is 35.5. The van der Waals surface area contributed by atoms with E-state index in [1.807, 2.05) is 6.92 Å². The summed E-state index contributed by atoms with van der Waals surface area (Å²) in [5.41, 5.74) is 6.10. The van der Waals surface area contributed by atoms with E-state index in [4.69, 9.17) is 33.7 Å². The molecule has 2 N–H and O–H groups in total. The molecule has 0 radical (unpaired) electrons. The summed E-state index contributed by atoms with van der Waals surface area (Å²) >= 11 is 11.9. The predicted molar refractivity (Wildman–Crippen MR) is 84.5 cm³/mol. The van der Waals surface area contributed by atoms with Gasteiger partial charge in [0.25, 0.3) is 0 Å². The Labute approximate surface area is 130 Å². The third-order valence-corrected chi connectivity index (χ3v) is 3.76. The second-order valence-corrected chi connectivity index (χ2v) is 5.70. The number of carbonyl (C=O) groups excluding carboxylic acids is 1. The van der Waals surface area contributed by atoms with Gasteiger partial charge < -0.3 is 10.5 Å². The quantitative estimate of drug-likeness (QED) is 0.433. The van der Waals surface area contributed by atoms with Gasteiger partial charge in [-0.3, -0.25) is 0 Å². The summed E-state index contributed by atoms with van der Waals surface area (Å²) < 4.78 is 5.37. The van der Waals surface area contributed by atoms with E-state index in [2.05, 4.69) is 6.92 Å². The Balaban J connectivity index is 2.61. The molecule has 5 heteroatoms. The summed E-state index contributed by atoms with van der Waals surface area (Å²) in [6.45, 7) is 4.03. The smallest absolute Gasteiger partial charge is 0.342 e. The van der Waals surface area contributed by atoms with Crippen LogP contribution in [-0.2, 0) is 4.74 Å². The van der Waals surface area contributed by atoms with Crippen LogP contribution in [0, 0.1) is 0 Å². The van der Waals surface area contributed by atoms with Gasteiger partial charge in [-0.15, -0.1) is 0 Å². The molecule has 0 amide bonds. The molecule has 0 aliphatic carbocycles. The molecule has 1 atom stereocenters. The van der Waals surface area contributed by atoms with Crippen LogP contribution in [0.2, 0.25) is 10.0 Å². The molecule has 0 bridgehead atoms. The van der Waals surface area contributed by atoms with Crippen LogP contribution in [0.5, 0.6) is 0 Å². The lowest BCUT2D eigenvalue weighted by Crippen LogP contribution is -2.17. The van der Waals surface area contributed by atoms with Crippen molar-refractivity contribution in [2.75, 3.05) is 5.73 Å². The van der Waals surface area contributed by atoms with Gasteiger partial charge in [-0.25, -0.2) is 4.79 Å². The maximum atomic E-state index is 12.1. The summed E-state index contributed by atoms with van der Waals surface area (Å²) in [6, 6.07) is 3.10. The van der Waals surface area contributed by atoms with Gasteiger partial charge in [0, 0.05) is 0 Å². The van der Waals surface area contributed by atoms with E-state index in [0.717, 1.165) is 19.3 Å². The first-order valence-electron chi connectivity index (χ1n) is 6.91. The fraction of sp³-hybridized carbons (Fsp3) is 0.533. The number of ether oxygens (including phenoxy) is 1. The fourth-order valence-electron chi connectivity index (χ4n) is 1.93. The van der Waals surface area contributed by atoms with Gasteiger partial charge >= 0.3 is 5.97 Å². The third-order valence-electron chi connectivity index (χ3n) is 3.12. The molecule has 112 valence electrons. The zero-order valence-corrected chi connectivity index (χ0v) is 13.4. The molecule has 1 unspecified atom stereocenters. The van der Waals surface area contributed by atoms with Crippen LogP contribution >= 0.6 is 23.2 Å². The van der Waals surface area contributed by atoms with E-state index in [1.165, 1.54) is 12.8 Å². The van der Waals surface area contributed by atoms with Crippen LogP contribution in [-0.4, -0.2) is 12.1 Å². The zero-order chi connectivity index (χ0) is 15.1. The van der Waals surface area contributed by atoms with Gasteiger partial charge in [0.15, 0.2) is 0 Å². The van der Waals surface area contributed by atoms with Crippen LogP contribution in [0.15, 0.2) is 12.1 Å². The molecule has 0 spiro atoms. The van der Waals surface area contributed by atoms with Crippen molar-refractivity contribution in [2.24, 2.45) is 0 Å². The number of unbranched alkanes of at least 4 members (excludes halogenated alkanes) is 3. The molecule has 0 saturated carbocycles. The van der Waals surface area contributed by atoms with Crippen molar-refractivity contribution in [3.8, 4) is 0 Å². The Bertz CT molecular complexity index is 463. The van der Waals surface area contributed by atoms with Crippen LogP contribution in [0.1, 0.15) is 56.3 Å². The van der Waals surface area contributed by atoms with E-state index >= 15 is 0 Å². The van der Waals surface area contributed by atoms with E-state index in [9.17, 15) is 4.79 Å². The van der Waals surface area contributed by atoms with Crippen molar-refractivity contribution < 1.29 is 9.53 Å². The number of nitrogens with two attached hydrogens (primary N) is 1. The second-order valence-electron chi connectivity index (χ2n) is 4.88. The Morgan fingerprint density at radius 3 is 2.55 bits per heavy atom. The van der Waals surface area contributed by atoms with E-state index in [0.29, 0.717) is 5.02 Å². The Hall–Kier alpha value is -0.930. The number of anilines is 1. The molecule has 0 aliphatic heterocycles. The number of rotatable bonds is 7. The summed E-state index contributed by atoms with van der Waals surface area (Å²) in [6.07, 6.45) is 5.26. The van der Waals surface area contributed by atoms with Gasteiger partial charge in [-0.2, -0.15) is 0 Å². The van der Waals surface area contributed by atoms with Crippen molar-refractivity contribution in [3.63, 3.8) is 0 Å². The van der Waals surface area contributed by atoms with E-state index in [1.54, 1.807) is 12.1 Å². The Morgan fingerprint density at radius 2 is 1.90 bits per heavy atom. The lowest BCUT2D eigenvalue weighted by atomic mass is 10.1. The molecule has 3 nitrogen and oxygen atoms in total. The molecular weight excluding hydrogens is 297 g/mol. The van der Waals surface area contributed by atoms with Crippen LogP contribution in [0.25, 0.3) is 0 Å². The highest BCUT2D eigenvalue weighted by molar-refractivity contribution is 6.38. The third kappa shape index (κ3) is 4.88. The standard InChI is InChI=1S/C15H21Cl2NO2/c1-3-4-5-6-7-10(2)20-15(19)13-11(16)8-9-12(17)14(13)18/h8-10H,3-7,18H2,1-2H3. The van der Waals surface area contributed by atoms with Gasteiger partial charge in [-0.1, -0.05) is 49.4 Å². The van der Waals surface area contributed by atoms with Crippen molar-refractivity contribution in [2.45, 2.75) is 52.1 Å². The minimum absolute atomic E-state index is 0.152. The molecule has 1 aromatic carbocycles.